The van der Waals surface area contributed by atoms with Crippen LogP contribution >= 0.6 is 0 Å². The quantitative estimate of drug-likeness (QED) is 0.714. The molecular formula is C12H15NO2. The molecule has 1 aromatic carbocycles. The third-order valence-electron chi connectivity index (χ3n) is 2.87. The van der Waals surface area contributed by atoms with Crippen LogP contribution in [0.25, 0.3) is 0 Å². The first kappa shape index (κ1) is 10.2. The summed E-state index contributed by atoms with van der Waals surface area (Å²) < 4.78 is 0. The highest BCUT2D eigenvalue weighted by molar-refractivity contribution is 5.66. The first-order valence-electron chi connectivity index (χ1n) is 5.27. The number of aliphatic carboxylic acids is 1. The molecule has 15 heavy (non-hydrogen) atoms. The monoisotopic (exact) mass is 205 g/mol. The molecule has 0 heterocycles. The Morgan fingerprint density at radius 1 is 1.47 bits per heavy atom. The van der Waals surface area contributed by atoms with Crippen LogP contribution in [0, 0.1) is 0 Å². The van der Waals surface area contributed by atoms with Crippen molar-refractivity contribution in [1.29, 1.82) is 0 Å². The molecule has 2 N–H and O–H groups in total. The zero-order chi connectivity index (χ0) is 10.7. The third-order valence-corrected chi connectivity index (χ3v) is 2.87. The fourth-order valence-corrected chi connectivity index (χ4v) is 2.02. The molecule has 0 bridgehead atoms. The van der Waals surface area contributed by atoms with Crippen LogP contribution in [0.5, 0.6) is 0 Å². The normalized spacial score (nSPS) is 18.0. The van der Waals surface area contributed by atoms with Gasteiger partial charge >= 0.3 is 5.97 Å². The standard InChI is InChI=1S/C12H15NO2/c14-12(15)5-6-13-8-10-7-9-3-1-2-4-11(9)10/h1-4,10,13H,5-8H2,(H,14,15). The fourth-order valence-electron chi connectivity index (χ4n) is 2.02. The maximum Gasteiger partial charge on any atom is 0.304 e. The maximum absolute atomic E-state index is 10.3. The van der Waals surface area contributed by atoms with Gasteiger partial charge in [0.05, 0.1) is 6.42 Å². The molecule has 80 valence electrons. The highest BCUT2D eigenvalue weighted by Gasteiger charge is 2.24. The van der Waals surface area contributed by atoms with Crippen LogP contribution in [0.4, 0.5) is 0 Å². The highest BCUT2D eigenvalue weighted by atomic mass is 16.4. The summed E-state index contributed by atoms with van der Waals surface area (Å²) in [6.07, 6.45) is 1.32. The molecule has 1 aliphatic rings. The summed E-state index contributed by atoms with van der Waals surface area (Å²) in [7, 11) is 0. The van der Waals surface area contributed by atoms with Crippen LogP contribution in [0.15, 0.2) is 24.3 Å². The molecule has 0 saturated heterocycles. The Hall–Kier alpha value is -1.35. The molecule has 0 saturated carbocycles. The maximum atomic E-state index is 10.3. The summed E-state index contributed by atoms with van der Waals surface area (Å²) in [5, 5.41) is 11.6. The van der Waals surface area contributed by atoms with E-state index in [1.165, 1.54) is 11.1 Å². The minimum Gasteiger partial charge on any atom is -0.481 e. The van der Waals surface area contributed by atoms with Crippen molar-refractivity contribution in [3.63, 3.8) is 0 Å². The minimum absolute atomic E-state index is 0.203. The first-order valence-corrected chi connectivity index (χ1v) is 5.27. The van der Waals surface area contributed by atoms with Gasteiger partial charge in [0.25, 0.3) is 0 Å². The van der Waals surface area contributed by atoms with E-state index in [0.717, 1.165) is 13.0 Å². The lowest BCUT2D eigenvalue weighted by atomic mass is 9.77. The zero-order valence-corrected chi connectivity index (χ0v) is 8.57. The SMILES string of the molecule is O=C(O)CCNCC1Cc2ccccc21. The third kappa shape index (κ3) is 2.36. The molecule has 1 unspecified atom stereocenters. The summed E-state index contributed by atoms with van der Waals surface area (Å²) in [5.74, 6) is -0.161. The van der Waals surface area contributed by atoms with Gasteiger partial charge in [0.15, 0.2) is 0 Å². The molecule has 1 aromatic rings. The number of carboxylic acid groups (broad SMARTS) is 1. The molecule has 0 aliphatic heterocycles. The fraction of sp³-hybridized carbons (Fsp3) is 0.417. The van der Waals surface area contributed by atoms with Crippen molar-refractivity contribution < 1.29 is 9.90 Å². The van der Waals surface area contributed by atoms with Gasteiger partial charge in [0, 0.05) is 19.0 Å². The van der Waals surface area contributed by atoms with Crippen molar-refractivity contribution in [3.8, 4) is 0 Å². The molecule has 3 nitrogen and oxygen atoms in total. The molecule has 2 rings (SSSR count). The van der Waals surface area contributed by atoms with Gasteiger partial charge in [-0.3, -0.25) is 4.79 Å². The number of nitrogens with one attached hydrogen (secondary N) is 1. The summed E-state index contributed by atoms with van der Waals surface area (Å²) in [6, 6.07) is 8.43. The van der Waals surface area contributed by atoms with Crippen LogP contribution in [0.1, 0.15) is 23.5 Å². The lowest BCUT2D eigenvalue weighted by Crippen LogP contribution is -2.30. The number of rotatable bonds is 5. The Labute approximate surface area is 89.1 Å². The van der Waals surface area contributed by atoms with Crippen LogP contribution in [-0.2, 0) is 11.2 Å². The van der Waals surface area contributed by atoms with Crippen molar-refractivity contribution in [3.05, 3.63) is 35.4 Å². The molecule has 0 fully saturated rings. The van der Waals surface area contributed by atoms with Crippen molar-refractivity contribution in [1.82, 2.24) is 5.32 Å². The van der Waals surface area contributed by atoms with Gasteiger partial charge in [-0.15, -0.1) is 0 Å². The number of hydrogen-bond donors (Lipinski definition) is 2. The Morgan fingerprint density at radius 3 is 3.00 bits per heavy atom. The predicted molar refractivity (Wildman–Crippen MR) is 58.0 cm³/mol. The van der Waals surface area contributed by atoms with E-state index in [-0.39, 0.29) is 6.42 Å². The number of carbonyl (C=O) groups is 1. The van der Waals surface area contributed by atoms with Gasteiger partial charge in [0.1, 0.15) is 0 Å². The van der Waals surface area contributed by atoms with Crippen LogP contribution in [-0.4, -0.2) is 24.2 Å². The van der Waals surface area contributed by atoms with Crippen molar-refractivity contribution in [2.45, 2.75) is 18.8 Å². The molecule has 0 aromatic heterocycles. The van der Waals surface area contributed by atoms with E-state index >= 15 is 0 Å². The van der Waals surface area contributed by atoms with E-state index in [1.54, 1.807) is 0 Å². The summed E-state index contributed by atoms with van der Waals surface area (Å²) in [5.41, 5.74) is 2.85. The van der Waals surface area contributed by atoms with E-state index < -0.39 is 5.97 Å². The Balaban J connectivity index is 1.73. The summed E-state index contributed by atoms with van der Waals surface area (Å²) in [4.78, 5) is 10.3. The van der Waals surface area contributed by atoms with Gasteiger partial charge in [-0.1, -0.05) is 24.3 Å². The van der Waals surface area contributed by atoms with Gasteiger partial charge < -0.3 is 10.4 Å². The minimum atomic E-state index is -0.739. The smallest absolute Gasteiger partial charge is 0.304 e. The van der Waals surface area contributed by atoms with Gasteiger partial charge in [0.2, 0.25) is 0 Å². The average Bonchev–Trinajstić information content (AvgIpc) is 2.18. The molecule has 1 aliphatic carbocycles. The van der Waals surface area contributed by atoms with E-state index in [1.807, 2.05) is 0 Å². The predicted octanol–water partition coefficient (Wildman–Crippen LogP) is 1.39. The van der Waals surface area contributed by atoms with Crippen LogP contribution in [0.2, 0.25) is 0 Å². The molecule has 0 radical (unpaired) electrons. The van der Waals surface area contributed by atoms with Crippen molar-refractivity contribution >= 4 is 5.97 Å². The Bertz CT molecular complexity index is 362. The molecule has 1 atom stereocenters. The van der Waals surface area contributed by atoms with Crippen molar-refractivity contribution in [2.24, 2.45) is 0 Å². The van der Waals surface area contributed by atoms with Crippen molar-refractivity contribution in [2.75, 3.05) is 13.1 Å². The van der Waals surface area contributed by atoms with E-state index in [2.05, 4.69) is 29.6 Å². The lowest BCUT2D eigenvalue weighted by Gasteiger charge is -2.30. The second-order valence-corrected chi connectivity index (χ2v) is 3.95. The Morgan fingerprint density at radius 2 is 2.27 bits per heavy atom. The van der Waals surface area contributed by atoms with Crippen LogP contribution in [0.3, 0.4) is 0 Å². The van der Waals surface area contributed by atoms with E-state index in [4.69, 9.17) is 5.11 Å². The number of hydrogen-bond acceptors (Lipinski definition) is 2. The summed E-state index contributed by atoms with van der Waals surface area (Å²) >= 11 is 0. The molecule has 0 amide bonds. The van der Waals surface area contributed by atoms with E-state index in [9.17, 15) is 4.79 Å². The second-order valence-electron chi connectivity index (χ2n) is 3.95. The second kappa shape index (κ2) is 4.45. The summed E-state index contributed by atoms with van der Waals surface area (Å²) in [6.45, 7) is 1.46. The highest BCUT2D eigenvalue weighted by Crippen LogP contribution is 2.33. The zero-order valence-electron chi connectivity index (χ0n) is 8.57. The molecule has 0 spiro atoms. The topological polar surface area (TPSA) is 49.3 Å². The largest absolute Gasteiger partial charge is 0.481 e. The Kier molecular flexibility index (Phi) is 3.02. The first-order chi connectivity index (χ1) is 7.27. The van der Waals surface area contributed by atoms with Gasteiger partial charge in [-0.2, -0.15) is 0 Å². The average molecular weight is 205 g/mol. The number of fused-ring (bicyclic) bond motifs is 1. The molecular weight excluding hydrogens is 190 g/mol. The molecule has 3 heteroatoms. The lowest BCUT2D eigenvalue weighted by molar-refractivity contribution is -0.136. The van der Waals surface area contributed by atoms with E-state index in [0.29, 0.717) is 12.5 Å². The number of benzene rings is 1. The van der Waals surface area contributed by atoms with Crippen LogP contribution < -0.4 is 5.32 Å². The van der Waals surface area contributed by atoms with Gasteiger partial charge in [-0.25, -0.2) is 0 Å². The van der Waals surface area contributed by atoms with Gasteiger partial charge in [-0.05, 0) is 17.5 Å². The number of carboxylic acids is 1.